The van der Waals surface area contributed by atoms with Gasteiger partial charge in [-0.05, 0) is 61.4 Å². The van der Waals surface area contributed by atoms with Crippen LogP contribution >= 0.6 is 0 Å². The van der Waals surface area contributed by atoms with Crippen LogP contribution in [-0.2, 0) is 6.54 Å². The number of benzene rings is 1. The van der Waals surface area contributed by atoms with Gasteiger partial charge in [0.25, 0.3) is 5.91 Å². The molecule has 168 valence electrons. The van der Waals surface area contributed by atoms with Gasteiger partial charge in [-0.25, -0.2) is 18.7 Å². The van der Waals surface area contributed by atoms with Crippen molar-refractivity contribution in [2.75, 3.05) is 23.3 Å². The van der Waals surface area contributed by atoms with Crippen LogP contribution in [0.3, 0.4) is 0 Å². The number of pyridine rings is 2. The third-order valence-electron chi connectivity index (χ3n) is 7.11. The van der Waals surface area contributed by atoms with Crippen LogP contribution in [0, 0.1) is 17.0 Å². The number of nitrogens with zero attached hydrogens (tertiary/aromatic N) is 3. The van der Waals surface area contributed by atoms with Crippen molar-refractivity contribution in [1.82, 2.24) is 15.3 Å². The number of anilines is 3. The van der Waals surface area contributed by atoms with Crippen molar-refractivity contribution in [2.24, 2.45) is 5.41 Å². The maximum Gasteiger partial charge on any atom is 0.255 e. The fourth-order valence-electron chi connectivity index (χ4n) is 4.90. The van der Waals surface area contributed by atoms with Gasteiger partial charge in [0.1, 0.15) is 17.5 Å². The number of piperidine rings is 1. The third-order valence-corrected chi connectivity index (χ3v) is 7.11. The molecule has 2 aromatic heterocycles. The highest BCUT2D eigenvalue weighted by Crippen LogP contribution is 2.53. The van der Waals surface area contributed by atoms with Crippen LogP contribution in [0.1, 0.15) is 41.7 Å². The Bertz CT molecular complexity index is 1230. The van der Waals surface area contributed by atoms with E-state index in [1.54, 1.807) is 0 Å². The summed E-state index contributed by atoms with van der Waals surface area (Å²) in [7, 11) is 0. The number of nitrogens with one attached hydrogen (secondary N) is 2. The Morgan fingerprint density at radius 1 is 1.00 bits per heavy atom. The second-order valence-corrected chi connectivity index (χ2v) is 9.17. The molecule has 0 unspecified atom stereocenters. The lowest BCUT2D eigenvalue weighted by Gasteiger charge is -2.33. The number of carbonyl (C=O) groups excluding carboxylic acids is 1. The Hall–Kier alpha value is -3.55. The zero-order valence-corrected chi connectivity index (χ0v) is 18.0. The van der Waals surface area contributed by atoms with Crippen LogP contribution in [0.25, 0.3) is 11.3 Å². The molecule has 1 saturated heterocycles. The van der Waals surface area contributed by atoms with E-state index in [1.807, 2.05) is 18.3 Å². The summed E-state index contributed by atoms with van der Waals surface area (Å²) in [4.78, 5) is 23.7. The quantitative estimate of drug-likeness (QED) is 0.602. The summed E-state index contributed by atoms with van der Waals surface area (Å²) in [5, 5.41) is 5.89. The van der Waals surface area contributed by atoms with Crippen LogP contribution in [0.15, 0.2) is 42.6 Å². The van der Waals surface area contributed by atoms with Crippen molar-refractivity contribution < 1.29 is 13.6 Å². The molecule has 1 aromatic carbocycles. The fourth-order valence-corrected chi connectivity index (χ4v) is 4.90. The lowest BCUT2D eigenvalue weighted by molar-refractivity contribution is 0.0966. The van der Waals surface area contributed by atoms with Gasteiger partial charge in [-0.3, -0.25) is 4.79 Å². The van der Waals surface area contributed by atoms with E-state index in [4.69, 9.17) is 0 Å². The molecule has 6 nitrogen and oxygen atoms in total. The van der Waals surface area contributed by atoms with Gasteiger partial charge >= 0.3 is 0 Å². The monoisotopic (exact) mass is 447 g/mol. The molecule has 1 spiro atoms. The van der Waals surface area contributed by atoms with E-state index < -0.39 is 11.6 Å². The average Bonchev–Trinajstić information content (AvgIpc) is 3.46. The molecular formula is C25H23F2N5O. The van der Waals surface area contributed by atoms with Crippen molar-refractivity contribution in [3.63, 3.8) is 0 Å². The molecule has 0 bridgehead atoms. The van der Waals surface area contributed by atoms with E-state index in [-0.39, 0.29) is 23.7 Å². The Labute approximate surface area is 190 Å². The predicted molar refractivity (Wildman–Crippen MR) is 121 cm³/mol. The van der Waals surface area contributed by atoms with E-state index in [0.717, 1.165) is 18.8 Å². The molecular weight excluding hydrogens is 424 g/mol. The molecule has 2 aliphatic heterocycles. The Kier molecular flexibility index (Phi) is 4.57. The first kappa shape index (κ1) is 20.1. The third kappa shape index (κ3) is 3.59. The fraction of sp³-hybridized carbons (Fsp3) is 0.320. The molecule has 3 aliphatic rings. The largest absolute Gasteiger partial charge is 0.370 e. The molecule has 1 saturated carbocycles. The van der Waals surface area contributed by atoms with Crippen LogP contribution in [-0.4, -0.2) is 29.0 Å². The van der Waals surface area contributed by atoms with E-state index in [2.05, 4.69) is 25.5 Å². The topological polar surface area (TPSA) is 70.2 Å². The summed E-state index contributed by atoms with van der Waals surface area (Å²) >= 11 is 0. The van der Waals surface area contributed by atoms with Crippen molar-refractivity contribution in [3.05, 3.63) is 65.5 Å². The molecule has 0 radical (unpaired) electrons. The van der Waals surface area contributed by atoms with Gasteiger partial charge in [-0.15, -0.1) is 0 Å². The molecule has 4 heterocycles. The summed E-state index contributed by atoms with van der Waals surface area (Å²) in [6, 6.07) is 9.06. The molecule has 6 rings (SSSR count). The van der Waals surface area contributed by atoms with Gasteiger partial charge in [0.05, 0.1) is 46.6 Å². The number of hydrogen-bond donors (Lipinski definition) is 2. The molecule has 33 heavy (non-hydrogen) atoms. The summed E-state index contributed by atoms with van der Waals surface area (Å²) in [5.41, 5.74) is 2.83. The highest BCUT2D eigenvalue weighted by molar-refractivity contribution is 6.04. The van der Waals surface area contributed by atoms with Crippen LogP contribution in [0.5, 0.6) is 0 Å². The smallest absolute Gasteiger partial charge is 0.255 e. The lowest BCUT2D eigenvalue weighted by Crippen LogP contribution is -2.34. The van der Waals surface area contributed by atoms with Crippen molar-refractivity contribution in [1.29, 1.82) is 0 Å². The average molecular weight is 447 g/mol. The minimum absolute atomic E-state index is 0.127. The predicted octanol–water partition coefficient (Wildman–Crippen LogP) is 4.79. The van der Waals surface area contributed by atoms with Crippen LogP contribution in [0.4, 0.5) is 26.0 Å². The van der Waals surface area contributed by atoms with E-state index in [0.29, 0.717) is 28.2 Å². The number of amides is 1. The summed E-state index contributed by atoms with van der Waals surface area (Å²) in [5.74, 6) is -1.15. The van der Waals surface area contributed by atoms with Crippen LogP contribution < -0.4 is 15.5 Å². The SMILES string of the molecule is O=C1NCc2nc(-c3c(F)cccc3F)cc(Nc3ccc(N4CCC5(CC4)CC5)cn3)c21. The second kappa shape index (κ2) is 7.50. The van der Waals surface area contributed by atoms with Crippen molar-refractivity contribution in [2.45, 2.75) is 32.2 Å². The number of fused-ring (bicyclic) bond motifs is 1. The van der Waals surface area contributed by atoms with Gasteiger partial charge in [0, 0.05) is 13.1 Å². The number of aromatic nitrogens is 2. The minimum Gasteiger partial charge on any atom is -0.370 e. The van der Waals surface area contributed by atoms with Crippen molar-refractivity contribution in [3.8, 4) is 11.3 Å². The number of carbonyl (C=O) groups is 1. The Morgan fingerprint density at radius 3 is 2.42 bits per heavy atom. The first-order valence-electron chi connectivity index (χ1n) is 11.3. The standard InChI is InChI=1S/C25H23F2N5O/c26-16-2-1-3-17(27)22(16)18-12-19(23-20(30-18)14-29-24(23)33)31-21-5-4-15(13-28-21)32-10-8-25(6-7-25)9-11-32/h1-5,12-13H,6-11,14H2,(H,29,33)(H,28,30,31). The zero-order valence-electron chi connectivity index (χ0n) is 18.0. The van der Waals surface area contributed by atoms with Gasteiger partial charge in [-0.2, -0.15) is 0 Å². The molecule has 8 heteroatoms. The molecule has 2 N–H and O–H groups in total. The molecule has 1 aliphatic carbocycles. The second-order valence-electron chi connectivity index (χ2n) is 9.17. The van der Waals surface area contributed by atoms with Crippen molar-refractivity contribution >= 4 is 23.1 Å². The number of hydrogen-bond acceptors (Lipinski definition) is 5. The van der Waals surface area contributed by atoms with Gasteiger partial charge in [0.2, 0.25) is 0 Å². The molecule has 2 fully saturated rings. The Morgan fingerprint density at radius 2 is 1.76 bits per heavy atom. The zero-order chi connectivity index (χ0) is 22.6. The summed E-state index contributed by atoms with van der Waals surface area (Å²) < 4.78 is 28.8. The molecule has 1 amide bonds. The van der Waals surface area contributed by atoms with E-state index in [1.165, 1.54) is 49.9 Å². The highest BCUT2D eigenvalue weighted by Gasteiger charge is 2.44. The summed E-state index contributed by atoms with van der Waals surface area (Å²) in [6.07, 6.45) is 7.03. The first-order chi connectivity index (χ1) is 16.0. The van der Waals surface area contributed by atoms with E-state index in [9.17, 15) is 13.6 Å². The van der Waals surface area contributed by atoms with Gasteiger partial charge < -0.3 is 15.5 Å². The lowest BCUT2D eigenvalue weighted by atomic mass is 9.93. The highest BCUT2D eigenvalue weighted by atomic mass is 19.1. The van der Waals surface area contributed by atoms with Gasteiger partial charge in [-0.1, -0.05) is 6.07 Å². The normalized spacial score (nSPS) is 18.2. The maximum absolute atomic E-state index is 14.4. The first-order valence-corrected chi connectivity index (χ1v) is 11.3. The van der Waals surface area contributed by atoms with Gasteiger partial charge in [0.15, 0.2) is 0 Å². The van der Waals surface area contributed by atoms with E-state index >= 15 is 0 Å². The number of halogens is 2. The summed E-state index contributed by atoms with van der Waals surface area (Å²) in [6.45, 7) is 2.30. The Balaban J connectivity index is 1.30. The molecule has 0 atom stereocenters. The van der Waals surface area contributed by atoms with Crippen LogP contribution in [0.2, 0.25) is 0 Å². The maximum atomic E-state index is 14.4. The minimum atomic E-state index is -0.706. The molecule has 3 aromatic rings. The number of rotatable bonds is 4.